The molecule has 1 aromatic carbocycles. The number of rotatable bonds is 2. The average Bonchev–Trinajstić information content (AvgIpc) is 3.10. The van der Waals surface area contributed by atoms with E-state index < -0.39 is 0 Å². The molecule has 0 saturated carbocycles. The zero-order valence-electron chi connectivity index (χ0n) is 13.0. The number of ketones is 1. The van der Waals surface area contributed by atoms with Gasteiger partial charge >= 0.3 is 0 Å². The van der Waals surface area contributed by atoms with Gasteiger partial charge in [-0.1, -0.05) is 0 Å². The molecular formula is C19H16FNO2S. The van der Waals surface area contributed by atoms with Crippen LogP contribution in [0.5, 0.6) is 0 Å². The quantitative estimate of drug-likeness (QED) is 0.811. The number of hydrogen-bond acceptors (Lipinski definition) is 3. The molecular weight excluding hydrogens is 325 g/mol. The molecule has 0 bridgehead atoms. The predicted octanol–water partition coefficient (Wildman–Crippen LogP) is 4.41. The number of amides is 1. The van der Waals surface area contributed by atoms with Gasteiger partial charge in [-0.3, -0.25) is 14.5 Å². The van der Waals surface area contributed by atoms with Crippen LogP contribution in [0.2, 0.25) is 0 Å². The van der Waals surface area contributed by atoms with Gasteiger partial charge in [-0.05, 0) is 59.5 Å². The topological polar surface area (TPSA) is 37.4 Å². The molecule has 24 heavy (non-hydrogen) atoms. The third-order valence-corrected chi connectivity index (χ3v) is 5.41. The average molecular weight is 341 g/mol. The lowest BCUT2D eigenvalue weighted by atomic mass is 9.78. The molecule has 1 amide bonds. The van der Waals surface area contributed by atoms with Crippen molar-refractivity contribution in [3.05, 3.63) is 63.7 Å². The summed E-state index contributed by atoms with van der Waals surface area (Å²) in [5.41, 5.74) is 3.23. The molecule has 0 unspecified atom stereocenters. The third kappa shape index (κ3) is 2.49. The molecule has 5 heteroatoms. The lowest BCUT2D eigenvalue weighted by molar-refractivity contribution is -0.119. The van der Waals surface area contributed by atoms with E-state index in [9.17, 15) is 14.0 Å². The van der Waals surface area contributed by atoms with Gasteiger partial charge < -0.3 is 0 Å². The van der Waals surface area contributed by atoms with Gasteiger partial charge in [0.25, 0.3) is 0 Å². The maximum absolute atomic E-state index is 13.2. The minimum Gasteiger partial charge on any atom is -0.294 e. The van der Waals surface area contributed by atoms with Gasteiger partial charge in [-0.25, -0.2) is 4.39 Å². The van der Waals surface area contributed by atoms with Crippen molar-refractivity contribution < 1.29 is 14.0 Å². The highest BCUT2D eigenvalue weighted by molar-refractivity contribution is 7.08. The Balaban J connectivity index is 1.85. The van der Waals surface area contributed by atoms with Crippen LogP contribution < -0.4 is 4.90 Å². The molecule has 0 spiro atoms. The van der Waals surface area contributed by atoms with Crippen molar-refractivity contribution in [1.29, 1.82) is 0 Å². The van der Waals surface area contributed by atoms with E-state index in [1.807, 2.05) is 16.8 Å². The zero-order valence-corrected chi connectivity index (χ0v) is 13.8. The molecule has 1 aliphatic carbocycles. The number of thiophene rings is 1. The van der Waals surface area contributed by atoms with Crippen LogP contribution >= 0.6 is 11.3 Å². The summed E-state index contributed by atoms with van der Waals surface area (Å²) in [5, 5.41) is 3.98. The number of benzene rings is 1. The minimum atomic E-state index is -0.340. The number of hydrogen-bond donors (Lipinski definition) is 0. The molecule has 2 aromatic rings. The van der Waals surface area contributed by atoms with E-state index in [4.69, 9.17) is 0 Å². The van der Waals surface area contributed by atoms with Crippen LogP contribution in [0.25, 0.3) is 0 Å². The van der Waals surface area contributed by atoms with Gasteiger partial charge in [0.05, 0.1) is 0 Å². The Morgan fingerprint density at radius 2 is 1.88 bits per heavy atom. The molecule has 0 N–H and O–H groups in total. The van der Waals surface area contributed by atoms with Crippen molar-refractivity contribution in [2.45, 2.75) is 31.6 Å². The van der Waals surface area contributed by atoms with Crippen molar-refractivity contribution >= 4 is 28.7 Å². The van der Waals surface area contributed by atoms with E-state index in [1.165, 1.54) is 12.1 Å². The van der Waals surface area contributed by atoms with Crippen molar-refractivity contribution in [3.8, 4) is 0 Å². The van der Waals surface area contributed by atoms with E-state index in [1.54, 1.807) is 28.4 Å². The standard InChI is InChI=1S/C19H16FNO2S/c20-13-4-6-14(7-5-13)21-16-2-1-3-17(22)19(16)15(10-18(21)23)12-8-9-24-11-12/h4-9,11,15H,1-3,10H2/t15-/m0/s1. The molecule has 2 aliphatic rings. The first-order valence-electron chi connectivity index (χ1n) is 8.02. The Kier molecular flexibility index (Phi) is 3.81. The van der Waals surface area contributed by atoms with Crippen LogP contribution in [0.3, 0.4) is 0 Å². The first-order valence-corrected chi connectivity index (χ1v) is 8.96. The Morgan fingerprint density at radius 1 is 1.08 bits per heavy atom. The Labute approximate surface area is 143 Å². The lowest BCUT2D eigenvalue weighted by Gasteiger charge is -2.38. The first kappa shape index (κ1) is 15.3. The number of carbonyl (C=O) groups excluding carboxylic acids is 2. The first-order chi connectivity index (χ1) is 11.6. The highest BCUT2D eigenvalue weighted by Crippen LogP contribution is 2.43. The molecule has 0 saturated heterocycles. The number of allylic oxidation sites excluding steroid dienone is 2. The second-order valence-corrected chi connectivity index (χ2v) is 6.94. The van der Waals surface area contributed by atoms with E-state index in [2.05, 4.69) is 0 Å². The molecule has 0 fully saturated rings. The van der Waals surface area contributed by atoms with Gasteiger partial charge in [0, 0.05) is 35.7 Å². The summed E-state index contributed by atoms with van der Waals surface area (Å²) < 4.78 is 13.2. The maximum atomic E-state index is 13.2. The maximum Gasteiger partial charge on any atom is 0.232 e. The number of nitrogens with zero attached hydrogens (tertiary/aromatic N) is 1. The van der Waals surface area contributed by atoms with E-state index >= 15 is 0 Å². The Morgan fingerprint density at radius 3 is 2.58 bits per heavy atom. The van der Waals surface area contributed by atoms with Crippen molar-refractivity contribution in [3.63, 3.8) is 0 Å². The molecule has 2 heterocycles. The van der Waals surface area contributed by atoms with Crippen LogP contribution in [-0.2, 0) is 9.59 Å². The van der Waals surface area contributed by atoms with Gasteiger partial charge in [0.1, 0.15) is 5.82 Å². The fourth-order valence-corrected chi connectivity index (χ4v) is 4.35. The zero-order chi connectivity index (χ0) is 16.7. The van der Waals surface area contributed by atoms with Gasteiger partial charge in [-0.2, -0.15) is 11.3 Å². The molecule has 122 valence electrons. The minimum absolute atomic E-state index is 0.0359. The molecule has 4 rings (SSSR count). The number of anilines is 1. The molecule has 1 atom stereocenters. The highest BCUT2D eigenvalue weighted by Gasteiger charge is 2.39. The summed E-state index contributed by atoms with van der Waals surface area (Å²) in [6.07, 6.45) is 2.26. The number of carbonyl (C=O) groups is 2. The van der Waals surface area contributed by atoms with Crippen LogP contribution in [0.1, 0.15) is 37.2 Å². The summed E-state index contributed by atoms with van der Waals surface area (Å²) in [6, 6.07) is 7.88. The van der Waals surface area contributed by atoms with E-state index in [0.29, 0.717) is 18.5 Å². The lowest BCUT2D eigenvalue weighted by Crippen LogP contribution is -2.40. The second kappa shape index (κ2) is 5.98. The largest absolute Gasteiger partial charge is 0.294 e. The van der Waals surface area contributed by atoms with Crippen molar-refractivity contribution in [2.24, 2.45) is 0 Å². The smallest absolute Gasteiger partial charge is 0.232 e. The van der Waals surface area contributed by atoms with Gasteiger partial charge in [0.15, 0.2) is 5.78 Å². The molecule has 0 radical (unpaired) electrons. The number of halogens is 1. The molecule has 3 nitrogen and oxygen atoms in total. The SMILES string of the molecule is O=C1CCCC2=C1[C@H](c1ccsc1)CC(=O)N2c1ccc(F)cc1. The fourth-order valence-electron chi connectivity index (χ4n) is 3.64. The summed E-state index contributed by atoms with van der Waals surface area (Å²) in [7, 11) is 0. The van der Waals surface area contributed by atoms with Gasteiger partial charge in [0.2, 0.25) is 5.91 Å². The van der Waals surface area contributed by atoms with Crippen LogP contribution in [0.15, 0.2) is 52.4 Å². The van der Waals surface area contributed by atoms with Crippen molar-refractivity contribution in [2.75, 3.05) is 4.90 Å². The Bertz CT molecular complexity index is 824. The monoisotopic (exact) mass is 341 g/mol. The summed E-state index contributed by atoms with van der Waals surface area (Å²) in [4.78, 5) is 27.1. The third-order valence-electron chi connectivity index (χ3n) is 4.71. The van der Waals surface area contributed by atoms with Gasteiger partial charge in [-0.15, -0.1) is 0 Å². The normalized spacial score (nSPS) is 21.2. The Hall–Kier alpha value is -2.27. The number of Topliss-reactive ketones (excluding diaryl/α,β-unsaturated/α-hetero) is 1. The molecule has 1 aromatic heterocycles. The van der Waals surface area contributed by atoms with Crippen LogP contribution in [0.4, 0.5) is 10.1 Å². The van der Waals surface area contributed by atoms with Crippen LogP contribution in [0, 0.1) is 5.82 Å². The predicted molar refractivity (Wildman–Crippen MR) is 91.4 cm³/mol. The van der Waals surface area contributed by atoms with Crippen LogP contribution in [-0.4, -0.2) is 11.7 Å². The second-order valence-electron chi connectivity index (χ2n) is 6.16. The summed E-state index contributed by atoms with van der Waals surface area (Å²) >= 11 is 1.57. The summed E-state index contributed by atoms with van der Waals surface area (Å²) in [6.45, 7) is 0. The molecule has 1 aliphatic heterocycles. The highest BCUT2D eigenvalue weighted by atomic mass is 32.1. The van der Waals surface area contributed by atoms with Crippen molar-refractivity contribution in [1.82, 2.24) is 0 Å². The van der Waals surface area contributed by atoms with E-state index in [0.717, 1.165) is 23.3 Å². The van der Waals surface area contributed by atoms with E-state index in [-0.39, 0.29) is 29.8 Å². The summed E-state index contributed by atoms with van der Waals surface area (Å²) in [5.74, 6) is -0.394. The fraction of sp³-hybridized carbons (Fsp3) is 0.263.